The van der Waals surface area contributed by atoms with Crippen molar-refractivity contribution in [1.82, 2.24) is 10.6 Å². The van der Waals surface area contributed by atoms with Gasteiger partial charge in [0.15, 0.2) is 6.61 Å². The number of urea groups is 1. The first-order valence-electron chi connectivity index (χ1n) is 5.15. The highest BCUT2D eigenvalue weighted by atomic mass is 17.1. The van der Waals surface area contributed by atoms with Gasteiger partial charge in [-0.15, -0.1) is 0 Å². The van der Waals surface area contributed by atoms with Gasteiger partial charge in [0.2, 0.25) is 0 Å². The third-order valence-electron chi connectivity index (χ3n) is 2.00. The molecule has 0 fully saturated rings. The molecule has 1 aromatic rings. The van der Waals surface area contributed by atoms with Gasteiger partial charge >= 0.3 is 6.03 Å². The van der Waals surface area contributed by atoms with Crippen molar-refractivity contribution < 1.29 is 24.5 Å². The number of amides is 3. The summed E-state index contributed by atoms with van der Waals surface area (Å²) in [6.07, 6.45) is 0. The SMILES string of the molecule is CNC(=O)NC(=O)COc1ccc(COO)cc1. The van der Waals surface area contributed by atoms with E-state index in [0.29, 0.717) is 5.75 Å². The van der Waals surface area contributed by atoms with Crippen LogP contribution in [0.2, 0.25) is 0 Å². The van der Waals surface area contributed by atoms with Gasteiger partial charge in [0.05, 0.1) is 0 Å². The van der Waals surface area contributed by atoms with E-state index in [-0.39, 0.29) is 13.2 Å². The van der Waals surface area contributed by atoms with E-state index in [9.17, 15) is 9.59 Å². The molecular formula is C11H14N2O5. The first kappa shape index (κ1) is 13.9. The van der Waals surface area contributed by atoms with Crippen LogP contribution in [0.5, 0.6) is 5.75 Å². The molecular weight excluding hydrogens is 240 g/mol. The van der Waals surface area contributed by atoms with Crippen molar-refractivity contribution in [3.8, 4) is 5.75 Å². The van der Waals surface area contributed by atoms with Crippen LogP contribution in [0.4, 0.5) is 4.79 Å². The highest BCUT2D eigenvalue weighted by Crippen LogP contribution is 2.12. The number of imide groups is 1. The summed E-state index contributed by atoms with van der Waals surface area (Å²) in [5.41, 5.74) is 0.764. The second-order valence-electron chi connectivity index (χ2n) is 3.33. The van der Waals surface area contributed by atoms with E-state index in [1.165, 1.54) is 7.05 Å². The number of ether oxygens (including phenoxy) is 1. The minimum absolute atomic E-state index is 0.0808. The fourth-order valence-electron chi connectivity index (χ4n) is 1.13. The van der Waals surface area contributed by atoms with Crippen molar-refractivity contribution >= 4 is 11.9 Å². The van der Waals surface area contributed by atoms with Crippen LogP contribution in [0.25, 0.3) is 0 Å². The van der Waals surface area contributed by atoms with Gasteiger partial charge in [-0.3, -0.25) is 15.4 Å². The average molecular weight is 254 g/mol. The molecule has 0 unspecified atom stereocenters. The second-order valence-corrected chi connectivity index (χ2v) is 3.33. The molecule has 18 heavy (non-hydrogen) atoms. The Hall–Kier alpha value is -2.12. The summed E-state index contributed by atoms with van der Waals surface area (Å²) >= 11 is 0. The summed E-state index contributed by atoms with van der Waals surface area (Å²) in [4.78, 5) is 26.0. The predicted molar refractivity (Wildman–Crippen MR) is 62.0 cm³/mol. The molecule has 0 aromatic heterocycles. The minimum Gasteiger partial charge on any atom is -0.484 e. The van der Waals surface area contributed by atoms with E-state index in [1.54, 1.807) is 24.3 Å². The lowest BCUT2D eigenvalue weighted by Gasteiger charge is -2.07. The average Bonchev–Trinajstić information content (AvgIpc) is 2.38. The lowest BCUT2D eigenvalue weighted by molar-refractivity contribution is -0.253. The number of hydrogen-bond acceptors (Lipinski definition) is 5. The minimum atomic E-state index is -0.584. The van der Waals surface area contributed by atoms with Crippen LogP contribution >= 0.6 is 0 Å². The van der Waals surface area contributed by atoms with Gasteiger partial charge in [-0.2, -0.15) is 0 Å². The summed E-state index contributed by atoms with van der Waals surface area (Å²) in [6, 6.07) is 6.03. The van der Waals surface area contributed by atoms with Crippen LogP contribution in [-0.2, 0) is 16.3 Å². The molecule has 0 atom stereocenters. The van der Waals surface area contributed by atoms with Gasteiger partial charge in [-0.25, -0.2) is 9.68 Å². The van der Waals surface area contributed by atoms with E-state index in [4.69, 9.17) is 9.99 Å². The zero-order valence-electron chi connectivity index (χ0n) is 9.80. The zero-order valence-corrected chi connectivity index (χ0v) is 9.80. The number of nitrogens with one attached hydrogen (secondary N) is 2. The highest BCUT2D eigenvalue weighted by molar-refractivity contribution is 5.94. The van der Waals surface area contributed by atoms with E-state index in [1.807, 2.05) is 0 Å². The second kappa shape index (κ2) is 7.25. The van der Waals surface area contributed by atoms with Gasteiger partial charge in [-0.1, -0.05) is 12.1 Å². The third kappa shape index (κ3) is 4.81. The molecule has 0 radical (unpaired) electrons. The Morgan fingerprint density at radius 3 is 2.50 bits per heavy atom. The Bertz CT molecular complexity index is 404. The first-order valence-corrected chi connectivity index (χ1v) is 5.15. The molecule has 1 rings (SSSR count). The fraction of sp³-hybridized carbons (Fsp3) is 0.273. The Kier molecular flexibility index (Phi) is 5.62. The van der Waals surface area contributed by atoms with E-state index in [2.05, 4.69) is 15.5 Å². The largest absolute Gasteiger partial charge is 0.484 e. The normalized spacial score (nSPS) is 9.67. The maximum atomic E-state index is 11.2. The quantitative estimate of drug-likeness (QED) is 0.525. The molecule has 7 heteroatoms. The lowest BCUT2D eigenvalue weighted by Crippen LogP contribution is -2.39. The molecule has 98 valence electrons. The number of hydrogen-bond donors (Lipinski definition) is 3. The fourth-order valence-corrected chi connectivity index (χ4v) is 1.13. The van der Waals surface area contributed by atoms with Crippen LogP contribution in [-0.4, -0.2) is 30.9 Å². The van der Waals surface area contributed by atoms with E-state index in [0.717, 1.165) is 5.56 Å². The molecule has 0 saturated carbocycles. The maximum absolute atomic E-state index is 11.2. The van der Waals surface area contributed by atoms with Crippen molar-refractivity contribution in [1.29, 1.82) is 0 Å². The molecule has 3 amide bonds. The zero-order chi connectivity index (χ0) is 13.4. The van der Waals surface area contributed by atoms with Crippen molar-refractivity contribution in [3.05, 3.63) is 29.8 Å². The Morgan fingerprint density at radius 1 is 1.28 bits per heavy atom. The molecule has 0 aliphatic heterocycles. The summed E-state index contributed by atoms with van der Waals surface area (Å²) < 4.78 is 5.15. The molecule has 0 aliphatic rings. The molecule has 0 saturated heterocycles. The van der Waals surface area contributed by atoms with Crippen LogP contribution in [0, 0.1) is 0 Å². The standard InChI is InChI=1S/C11H14N2O5/c1-12-11(15)13-10(14)7-17-9-4-2-8(3-5-9)6-18-16/h2-5,16H,6-7H2,1H3,(H2,12,13,14,15). The van der Waals surface area contributed by atoms with Gasteiger partial charge in [-0.05, 0) is 17.7 Å². The van der Waals surface area contributed by atoms with E-state index < -0.39 is 11.9 Å². The van der Waals surface area contributed by atoms with Crippen LogP contribution < -0.4 is 15.4 Å². The van der Waals surface area contributed by atoms with Crippen molar-refractivity contribution in [2.45, 2.75) is 6.61 Å². The number of rotatable bonds is 5. The Morgan fingerprint density at radius 2 is 1.94 bits per heavy atom. The molecule has 3 N–H and O–H groups in total. The Labute approximate surface area is 104 Å². The summed E-state index contributed by atoms with van der Waals surface area (Å²) in [5.74, 6) is -0.0686. The van der Waals surface area contributed by atoms with Gasteiger partial charge < -0.3 is 10.1 Å². The predicted octanol–water partition coefficient (Wildman–Crippen LogP) is 0.511. The number of carbonyl (C=O) groups excluding carboxylic acids is 2. The van der Waals surface area contributed by atoms with E-state index >= 15 is 0 Å². The van der Waals surface area contributed by atoms with Crippen molar-refractivity contribution in [2.24, 2.45) is 0 Å². The molecule has 0 bridgehead atoms. The Balaban J connectivity index is 2.39. The molecule has 0 heterocycles. The van der Waals surface area contributed by atoms with Gasteiger partial charge in [0.1, 0.15) is 12.4 Å². The number of benzene rings is 1. The topological polar surface area (TPSA) is 96.9 Å². The molecule has 0 spiro atoms. The van der Waals surface area contributed by atoms with Crippen LogP contribution in [0.15, 0.2) is 24.3 Å². The first-order chi connectivity index (χ1) is 8.65. The maximum Gasteiger partial charge on any atom is 0.321 e. The van der Waals surface area contributed by atoms with Crippen molar-refractivity contribution in [2.75, 3.05) is 13.7 Å². The molecule has 7 nitrogen and oxygen atoms in total. The number of carbonyl (C=O) groups is 2. The smallest absolute Gasteiger partial charge is 0.321 e. The molecule has 0 aliphatic carbocycles. The van der Waals surface area contributed by atoms with Crippen LogP contribution in [0.3, 0.4) is 0 Å². The monoisotopic (exact) mass is 254 g/mol. The molecule has 1 aromatic carbocycles. The van der Waals surface area contributed by atoms with Gasteiger partial charge in [0.25, 0.3) is 5.91 Å². The summed E-state index contributed by atoms with van der Waals surface area (Å²) in [7, 11) is 1.41. The summed E-state index contributed by atoms with van der Waals surface area (Å²) in [6.45, 7) is -0.180. The van der Waals surface area contributed by atoms with Gasteiger partial charge in [0, 0.05) is 7.05 Å². The van der Waals surface area contributed by atoms with Crippen LogP contribution in [0.1, 0.15) is 5.56 Å². The third-order valence-corrected chi connectivity index (χ3v) is 2.00. The van der Waals surface area contributed by atoms with Crippen molar-refractivity contribution in [3.63, 3.8) is 0 Å². The summed E-state index contributed by atoms with van der Waals surface area (Å²) in [5, 5.41) is 12.6. The highest BCUT2D eigenvalue weighted by Gasteiger charge is 2.06. The lowest BCUT2D eigenvalue weighted by atomic mass is 10.2.